The number of fused-ring (bicyclic) bond motifs is 1. The van der Waals surface area contributed by atoms with Gasteiger partial charge in [0, 0.05) is 16.1 Å². The first kappa shape index (κ1) is 20.0. The number of anilines is 1. The Morgan fingerprint density at radius 2 is 1.70 bits per heavy atom. The maximum Gasteiger partial charge on any atom is 0.349 e. The molecule has 4 rings (SSSR count). The summed E-state index contributed by atoms with van der Waals surface area (Å²) in [5.74, 6) is 0.0612. The summed E-state index contributed by atoms with van der Waals surface area (Å²) in [5.41, 5.74) is 0.814. The van der Waals surface area contributed by atoms with Crippen LogP contribution >= 0.6 is 23.2 Å². The molecule has 0 fully saturated rings. The summed E-state index contributed by atoms with van der Waals surface area (Å²) < 4.78 is 10.9. The molecule has 0 bridgehead atoms. The summed E-state index contributed by atoms with van der Waals surface area (Å²) in [4.78, 5) is 24.8. The number of ether oxygens (including phenoxy) is 1. The fourth-order valence-electron chi connectivity index (χ4n) is 2.89. The lowest BCUT2D eigenvalue weighted by atomic mass is 10.1. The van der Waals surface area contributed by atoms with Gasteiger partial charge in [0.2, 0.25) is 0 Å². The lowest BCUT2D eigenvalue weighted by Crippen LogP contribution is -2.20. The minimum absolute atomic E-state index is 0.148. The molecule has 0 radical (unpaired) electrons. The Hall–Kier alpha value is -3.28. The van der Waals surface area contributed by atoms with E-state index in [1.165, 1.54) is 12.1 Å². The summed E-state index contributed by atoms with van der Waals surface area (Å²) in [5, 5.41) is 3.71. The van der Waals surface area contributed by atoms with Crippen LogP contribution in [-0.4, -0.2) is 5.91 Å². The third-order valence-corrected chi connectivity index (χ3v) is 4.86. The third kappa shape index (κ3) is 4.48. The Morgan fingerprint density at radius 1 is 0.967 bits per heavy atom. The van der Waals surface area contributed by atoms with Gasteiger partial charge in [0.25, 0.3) is 5.91 Å². The minimum Gasteiger partial charge on any atom is -0.489 e. The molecule has 150 valence electrons. The molecular weight excluding hydrogens is 425 g/mol. The number of carbonyl (C=O) groups is 1. The van der Waals surface area contributed by atoms with E-state index in [0.29, 0.717) is 28.5 Å². The van der Waals surface area contributed by atoms with E-state index in [1.807, 2.05) is 30.3 Å². The Morgan fingerprint density at radius 3 is 2.43 bits per heavy atom. The SMILES string of the molecule is O=C(Nc1ccc(OCc2ccccc2)cc1)c1cc2cc(Cl)cc(Cl)c2oc1=O. The average Bonchev–Trinajstić information content (AvgIpc) is 2.74. The molecule has 3 aromatic carbocycles. The fourth-order valence-corrected chi connectivity index (χ4v) is 3.44. The number of rotatable bonds is 5. The van der Waals surface area contributed by atoms with Crippen molar-refractivity contribution in [3.63, 3.8) is 0 Å². The number of halogens is 2. The van der Waals surface area contributed by atoms with E-state index in [2.05, 4.69) is 5.32 Å². The van der Waals surface area contributed by atoms with Gasteiger partial charge in [-0.25, -0.2) is 4.79 Å². The van der Waals surface area contributed by atoms with Gasteiger partial charge >= 0.3 is 5.63 Å². The zero-order valence-corrected chi connectivity index (χ0v) is 17.0. The zero-order chi connectivity index (χ0) is 21.1. The second-order valence-corrected chi connectivity index (χ2v) is 7.35. The molecule has 5 nitrogen and oxygen atoms in total. The first-order valence-electron chi connectivity index (χ1n) is 9.00. The van der Waals surface area contributed by atoms with Crippen molar-refractivity contribution in [2.45, 2.75) is 6.61 Å². The number of hydrogen-bond donors (Lipinski definition) is 1. The molecular formula is C23H15Cl2NO4. The van der Waals surface area contributed by atoms with E-state index in [-0.39, 0.29) is 16.2 Å². The van der Waals surface area contributed by atoms with Crippen molar-refractivity contribution in [2.75, 3.05) is 5.32 Å². The highest BCUT2D eigenvalue weighted by Gasteiger charge is 2.16. The normalized spacial score (nSPS) is 10.7. The summed E-state index contributed by atoms with van der Waals surface area (Å²) in [6, 6.07) is 21.1. The van der Waals surface area contributed by atoms with E-state index in [9.17, 15) is 9.59 Å². The Bertz CT molecular complexity index is 1270. The van der Waals surface area contributed by atoms with Gasteiger partial charge in [0.1, 0.15) is 17.9 Å². The van der Waals surface area contributed by atoms with Crippen LogP contribution in [0, 0.1) is 0 Å². The molecule has 0 spiro atoms. The second kappa shape index (κ2) is 8.61. The number of amides is 1. The van der Waals surface area contributed by atoms with Gasteiger partial charge < -0.3 is 14.5 Å². The molecule has 0 aliphatic heterocycles. The van der Waals surface area contributed by atoms with Crippen LogP contribution in [0.25, 0.3) is 11.0 Å². The Balaban J connectivity index is 1.48. The maximum absolute atomic E-state index is 12.6. The molecule has 1 amide bonds. The van der Waals surface area contributed by atoms with Gasteiger partial charge in [-0.3, -0.25) is 4.79 Å². The molecule has 0 atom stereocenters. The summed E-state index contributed by atoms with van der Waals surface area (Å²) in [6.07, 6.45) is 0. The standard InChI is InChI=1S/C23H15Cl2NO4/c24-16-10-15-11-19(23(28)30-21(15)20(25)12-16)22(27)26-17-6-8-18(9-7-17)29-13-14-4-2-1-3-5-14/h1-12H,13H2,(H,26,27). The molecule has 1 N–H and O–H groups in total. The predicted octanol–water partition coefficient (Wildman–Crippen LogP) is 5.93. The van der Waals surface area contributed by atoms with Crippen LogP contribution in [0.3, 0.4) is 0 Å². The summed E-state index contributed by atoms with van der Waals surface area (Å²) in [6.45, 7) is 0.440. The molecule has 0 aliphatic rings. The molecule has 1 aromatic heterocycles. The van der Waals surface area contributed by atoms with Gasteiger partial charge in [0.05, 0.1) is 5.02 Å². The zero-order valence-electron chi connectivity index (χ0n) is 15.5. The van der Waals surface area contributed by atoms with Crippen LogP contribution in [0.4, 0.5) is 5.69 Å². The predicted molar refractivity (Wildman–Crippen MR) is 118 cm³/mol. The van der Waals surface area contributed by atoms with Crippen LogP contribution in [0.5, 0.6) is 5.75 Å². The van der Waals surface area contributed by atoms with Crippen LogP contribution in [0.1, 0.15) is 15.9 Å². The lowest BCUT2D eigenvalue weighted by Gasteiger charge is -2.09. The first-order valence-corrected chi connectivity index (χ1v) is 9.76. The molecule has 7 heteroatoms. The van der Waals surface area contributed by atoms with E-state index < -0.39 is 11.5 Å². The monoisotopic (exact) mass is 439 g/mol. The van der Waals surface area contributed by atoms with Gasteiger partial charge in [-0.2, -0.15) is 0 Å². The smallest absolute Gasteiger partial charge is 0.349 e. The summed E-state index contributed by atoms with van der Waals surface area (Å²) in [7, 11) is 0. The summed E-state index contributed by atoms with van der Waals surface area (Å²) >= 11 is 12.0. The quantitative estimate of drug-likeness (QED) is 0.391. The fraction of sp³-hybridized carbons (Fsp3) is 0.0435. The topological polar surface area (TPSA) is 68.5 Å². The minimum atomic E-state index is -0.785. The second-order valence-electron chi connectivity index (χ2n) is 6.51. The van der Waals surface area contributed by atoms with E-state index in [4.69, 9.17) is 32.4 Å². The van der Waals surface area contributed by atoms with Crippen LogP contribution in [0.2, 0.25) is 10.0 Å². The largest absolute Gasteiger partial charge is 0.489 e. The Kier molecular flexibility index (Phi) is 5.74. The number of carbonyl (C=O) groups excluding carboxylic acids is 1. The van der Waals surface area contributed by atoms with Crippen molar-refractivity contribution >= 4 is 45.8 Å². The number of hydrogen-bond acceptors (Lipinski definition) is 4. The highest BCUT2D eigenvalue weighted by Crippen LogP contribution is 2.27. The van der Waals surface area contributed by atoms with Crippen molar-refractivity contribution in [1.82, 2.24) is 0 Å². The van der Waals surface area contributed by atoms with Crippen LogP contribution < -0.4 is 15.7 Å². The van der Waals surface area contributed by atoms with Crippen molar-refractivity contribution in [1.29, 1.82) is 0 Å². The molecule has 1 heterocycles. The van der Waals surface area contributed by atoms with Crippen molar-refractivity contribution in [3.05, 3.63) is 104 Å². The highest BCUT2D eigenvalue weighted by molar-refractivity contribution is 6.38. The Labute approximate surface area is 181 Å². The van der Waals surface area contributed by atoms with Crippen molar-refractivity contribution in [2.24, 2.45) is 0 Å². The van der Waals surface area contributed by atoms with Crippen molar-refractivity contribution in [3.8, 4) is 5.75 Å². The van der Waals surface area contributed by atoms with E-state index in [0.717, 1.165) is 5.56 Å². The van der Waals surface area contributed by atoms with Crippen molar-refractivity contribution < 1.29 is 13.9 Å². The van der Waals surface area contributed by atoms with E-state index in [1.54, 1.807) is 30.3 Å². The van der Waals surface area contributed by atoms with Crippen LogP contribution in [0.15, 0.2) is 82.0 Å². The molecule has 0 saturated carbocycles. The van der Waals surface area contributed by atoms with Crippen LogP contribution in [-0.2, 0) is 6.61 Å². The molecule has 0 unspecified atom stereocenters. The highest BCUT2D eigenvalue weighted by atomic mass is 35.5. The number of benzene rings is 3. The van der Waals surface area contributed by atoms with Gasteiger partial charge in [-0.15, -0.1) is 0 Å². The lowest BCUT2D eigenvalue weighted by molar-refractivity contribution is 0.102. The molecule has 0 aliphatic carbocycles. The van der Waals surface area contributed by atoms with Gasteiger partial charge in [-0.05, 0) is 48.0 Å². The molecule has 0 saturated heterocycles. The average molecular weight is 440 g/mol. The number of nitrogens with one attached hydrogen (secondary N) is 1. The first-order chi connectivity index (χ1) is 14.5. The third-order valence-electron chi connectivity index (χ3n) is 4.36. The molecule has 4 aromatic rings. The molecule has 30 heavy (non-hydrogen) atoms. The maximum atomic E-state index is 12.6. The van der Waals surface area contributed by atoms with Gasteiger partial charge in [0.15, 0.2) is 5.58 Å². The van der Waals surface area contributed by atoms with Gasteiger partial charge in [-0.1, -0.05) is 53.5 Å². The van der Waals surface area contributed by atoms with E-state index >= 15 is 0 Å².